The first-order valence-corrected chi connectivity index (χ1v) is 8.40. The molecule has 25 heavy (non-hydrogen) atoms. The van der Waals surface area contributed by atoms with Gasteiger partial charge in [0.05, 0.1) is 5.69 Å². The fourth-order valence-electron chi connectivity index (χ4n) is 2.00. The Balaban J connectivity index is 2.92. The van der Waals surface area contributed by atoms with E-state index in [9.17, 15) is 40.0 Å². The molecule has 2 aromatic rings. The number of alkyl halides is 3. The molecule has 136 valence electrons. The Labute approximate surface area is 140 Å². The van der Waals surface area contributed by atoms with Crippen molar-refractivity contribution in [2.24, 2.45) is 7.05 Å². The maximum atomic E-state index is 13.9. The second-order valence-electron chi connectivity index (χ2n) is 4.71. The molecule has 0 bridgehead atoms. The van der Waals surface area contributed by atoms with Gasteiger partial charge in [-0.2, -0.15) is 13.2 Å². The van der Waals surface area contributed by atoms with Gasteiger partial charge in [0.25, 0.3) is 14.6 Å². The van der Waals surface area contributed by atoms with Crippen molar-refractivity contribution in [3.63, 3.8) is 0 Å². The number of hydrogen-bond acceptors (Lipinski definition) is 4. The smallest absolute Gasteiger partial charge is 0.292 e. The van der Waals surface area contributed by atoms with E-state index >= 15 is 0 Å². The van der Waals surface area contributed by atoms with E-state index in [0.29, 0.717) is 7.05 Å². The maximum absolute atomic E-state index is 13.9. The lowest BCUT2D eigenvalue weighted by atomic mass is 10.2. The fraction of sp³-hybridized carbons (Fsp3) is 0.167. The van der Waals surface area contributed by atoms with Crippen molar-refractivity contribution in [2.75, 3.05) is 0 Å². The van der Waals surface area contributed by atoms with E-state index in [1.807, 2.05) is 0 Å². The van der Waals surface area contributed by atoms with Crippen LogP contribution in [0.1, 0.15) is 5.69 Å². The van der Waals surface area contributed by atoms with Gasteiger partial charge in [-0.05, 0) is 6.07 Å². The third-order valence-electron chi connectivity index (χ3n) is 3.12. The molecule has 0 saturated heterocycles. The van der Waals surface area contributed by atoms with Crippen molar-refractivity contribution < 1.29 is 30.4 Å². The van der Waals surface area contributed by atoms with Gasteiger partial charge in [0.2, 0.25) is 0 Å². The number of aromatic nitrogens is 2. The predicted molar refractivity (Wildman–Crippen MR) is 75.2 cm³/mol. The van der Waals surface area contributed by atoms with Crippen molar-refractivity contribution in [3.8, 4) is 5.69 Å². The summed E-state index contributed by atoms with van der Waals surface area (Å²) in [5.41, 5.74) is -5.89. The monoisotopic (exact) mass is 404 g/mol. The highest BCUT2D eigenvalue weighted by molar-refractivity contribution is 8.13. The van der Waals surface area contributed by atoms with E-state index in [2.05, 4.69) is 0 Å². The van der Waals surface area contributed by atoms with E-state index in [4.69, 9.17) is 10.7 Å². The Morgan fingerprint density at radius 1 is 1.04 bits per heavy atom. The van der Waals surface area contributed by atoms with Gasteiger partial charge in [-0.1, -0.05) is 0 Å². The molecular formula is C12H6ClF5N2O4S. The summed E-state index contributed by atoms with van der Waals surface area (Å²) in [6.07, 6.45) is -5.04. The molecule has 0 aliphatic heterocycles. The molecule has 0 aliphatic carbocycles. The van der Waals surface area contributed by atoms with Crippen molar-refractivity contribution in [1.82, 2.24) is 9.13 Å². The second kappa shape index (κ2) is 5.95. The Morgan fingerprint density at radius 3 is 2.08 bits per heavy atom. The summed E-state index contributed by atoms with van der Waals surface area (Å²) in [5, 5.41) is 0. The average Bonchev–Trinajstić information content (AvgIpc) is 2.42. The van der Waals surface area contributed by atoms with Crippen LogP contribution in [0.4, 0.5) is 22.0 Å². The SMILES string of the molecule is Cn1c(C(F)(F)F)cc(=O)n(-c2cc(S(=O)(=O)Cl)c(F)cc2F)c1=O. The van der Waals surface area contributed by atoms with Crippen LogP contribution in [-0.2, 0) is 22.3 Å². The lowest BCUT2D eigenvalue weighted by Crippen LogP contribution is -2.41. The van der Waals surface area contributed by atoms with Crippen molar-refractivity contribution in [3.05, 3.63) is 56.4 Å². The van der Waals surface area contributed by atoms with E-state index in [1.165, 1.54) is 0 Å². The molecule has 13 heteroatoms. The van der Waals surface area contributed by atoms with Crippen LogP contribution in [0.25, 0.3) is 5.69 Å². The highest BCUT2D eigenvalue weighted by Crippen LogP contribution is 2.27. The molecule has 0 saturated carbocycles. The highest BCUT2D eigenvalue weighted by atomic mass is 35.7. The number of halogens is 6. The van der Waals surface area contributed by atoms with Gasteiger partial charge in [-0.15, -0.1) is 0 Å². The Kier molecular flexibility index (Phi) is 4.55. The Bertz CT molecular complexity index is 1090. The molecule has 0 radical (unpaired) electrons. The zero-order chi connectivity index (χ0) is 19.3. The first kappa shape index (κ1) is 19.1. The Morgan fingerprint density at radius 2 is 1.60 bits per heavy atom. The highest BCUT2D eigenvalue weighted by Gasteiger charge is 2.35. The summed E-state index contributed by atoms with van der Waals surface area (Å²) in [6.45, 7) is 0. The van der Waals surface area contributed by atoms with Crippen LogP contribution in [0.5, 0.6) is 0 Å². The predicted octanol–water partition coefficient (Wildman–Crippen LogP) is 1.76. The molecule has 0 atom stereocenters. The minimum atomic E-state index is -5.04. The molecule has 1 heterocycles. The molecular weight excluding hydrogens is 399 g/mol. The van der Waals surface area contributed by atoms with Crippen LogP contribution >= 0.6 is 10.7 Å². The summed E-state index contributed by atoms with van der Waals surface area (Å²) in [5.74, 6) is -3.16. The summed E-state index contributed by atoms with van der Waals surface area (Å²) in [4.78, 5) is 22.7. The van der Waals surface area contributed by atoms with Crippen molar-refractivity contribution >= 4 is 19.7 Å². The van der Waals surface area contributed by atoms with Gasteiger partial charge in [-0.25, -0.2) is 26.6 Å². The number of benzene rings is 1. The third kappa shape index (κ3) is 3.44. The first-order chi connectivity index (χ1) is 11.2. The third-order valence-corrected chi connectivity index (χ3v) is 4.45. The van der Waals surface area contributed by atoms with Gasteiger partial charge < -0.3 is 0 Å². The second-order valence-corrected chi connectivity index (χ2v) is 7.25. The summed E-state index contributed by atoms with van der Waals surface area (Å²) >= 11 is 0. The van der Waals surface area contributed by atoms with E-state index in [-0.39, 0.29) is 27.3 Å². The molecule has 0 spiro atoms. The minimum Gasteiger partial charge on any atom is -0.292 e. The molecule has 2 rings (SSSR count). The van der Waals surface area contributed by atoms with Gasteiger partial charge in [-0.3, -0.25) is 9.36 Å². The summed E-state index contributed by atoms with van der Waals surface area (Å²) < 4.78 is 88.2. The molecule has 0 amide bonds. The number of rotatable bonds is 2. The zero-order valence-corrected chi connectivity index (χ0v) is 13.5. The van der Waals surface area contributed by atoms with Gasteiger partial charge in [0.15, 0.2) is 0 Å². The van der Waals surface area contributed by atoms with Gasteiger partial charge >= 0.3 is 11.9 Å². The molecule has 1 aromatic heterocycles. The van der Waals surface area contributed by atoms with E-state index < -0.39 is 54.4 Å². The minimum absolute atomic E-state index is 0.0130. The van der Waals surface area contributed by atoms with Gasteiger partial charge in [0, 0.05) is 29.9 Å². The maximum Gasteiger partial charge on any atom is 0.431 e. The van der Waals surface area contributed by atoms with Crippen LogP contribution < -0.4 is 11.2 Å². The Hall–Kier alpha value is -2.21. The normalized spacial score (nSPS) is 12.4. The largest absolute Gasteiger partial charge is 0.431 e. The molecule has 0 aliphatic rings. The first-order valence-electron chi connectivity index (χ1n) is 6.09. The number of hydrogen-bond donors (Lipinski definition) is 0. The van der Waals surface area contributed by atoms with Crippen molar-refractivity contribution in [2.45, 2.75) is 11.1 Å². The lowest BCUT2D eigenvalue weighted by molar-refractivity contribution is -0.144. The van der Waals surface area contributed by atoms with E-state index in [0.717, 1.165) is 0 Å². The van der Waals surface area contributed by atoms with Crippen LogP contribution in [-0.4, -0.2) is 17.6 Å². The quantitative estimate of drug-likeness (QED) is 0.564. The van der Waals surface area contributed by atoms with Crippen LogP contribution in [0.2, 0.25) is 0 Å². The molecule has 0 N–H and O–H groups in total. The molecule has 0 fully saturated rings. The summed E-state index contributed by atoms with van der Waals surface area (Å²) in [7, 11) is 0.909. The van der Waals surface area contributed by atoms with Crippen LogP contribution in [0.3, 0.4) is 0 Å². The fourth-order valence-corrected chi connectivity index (χ4v) is 2.89. The summed E-state index contributed by atoms with van der Waals surface area (Å²) in [6, 6.07) is 0.288. The van der Waals surface area contributed by atoms with Gasteiger partial charge in [0.1, 0.15) is 22.2 Å². The molecule has 0 unspecified atom stereocenters. The topological polar surface area (TPSA) is 78.1 Å². The zero-order valence-electron chi connectivity index (χ0n) is 11.9. The molecule has 1 aromatic carbocycles. The number of nitrogens with zero attached hydrogens (tertiary/aromatic N) is 2. The standard InChI is InChI=1S/C12H6ClF5N2O4S/c1-19-9(12(16,17)18)4-10(21)20(11(19)22)7-3-8(25(13,23)24)6(15)2-5(7)14/h2-4H,1H3. The van der Waals surface area contributed by atoms with Crippen LogP contribution in [0.15, 0.2) is 32.7 Å². The van der Waals surface area contributed by atoms with Crippen LogP contribution in [0, 0.1) is 11.6 Å². The molecule has 6 nitrogen and oxygen atoms in total. The average molecular weight is 405 g/mol. The van der Waals surface area contributed by atoms with E-state index in [1.54, 1.807) is 0 Å². The lowest BCUT2D eigenvalue weighted by Gasteiger charge is -2.14. The van der Waals surface area contributed by atoms with Crippen molar-refractivity contribution in [1.29, 1.82) is 0 Å².